The number of aromatic hydroxyl groups is 1. The number of fused-ring (bicyclic) bond motifs is 3. The molecular formula is C22H24O3. The molecule has 0 aliphatic heterocycles. The van der Waals surface area contributed by atoms with E-state index in [-0.39, 0.29) is 11.9 Å². The first-order valence-corrected chi connectivity index (χ1v) is 8.85. The van der Waals surface area contributed by atoms with Gasteiger partial charge in [-0.1, -0.05) is 50.2 Å². The molecule has 0 aliphatic rings. The highest BCUT2D eigenvalue weighted by molar-refractivity contribution is 6.07. The third-order valence-electron chi connectivity index (χ3n) is 4.46. The molecule has 0 spiro atoms. The van der Waals surface area contributed by atoms with Crippen LogP contribution in [0.4, 0.5) is 0 Å². The van der Waals surface area contributed by atoms with Crippen molar-refractivity contribution >= 4 is 27.5 Å². The fourth-order valence-corrected chi connectivity index (χ4v) is 3.03. The molecule has 0 heterocycles. The molecule has 25 heavy (non-hydrogen) atoms. The van der Waals surface area contributed by atoms with Crippen LogP contribution in [0, 0.1) is 5.92 Å². The maximum atomic E-state index is 11.4. The second-order valence-electron chi connectivity index (χ2n) is 6.81. The van der Waals surface area contributed by atoms with Gasteiger partial charge in [0, 0.05) is 0 Å². The Labute approximate surface area is 148 Å². The molecular weight excluding hydrogens is 312 g/mol. The van der Waals surface area contributed by atoms with Gasteiger partial charge in [0.1, 0.15) is 5.75 Å². The highest BCUT2D eigenvalue weighted by atomic mass is 16.5. The number of benzene rings is 3. The summed E-state index contributed by atoms with van der Waals surface area (Å²) in [6.45, 7) is 4.20. The number of hydrogen-bond donors (Lipinski definition) is 1. The van der Waals surface area contributed by atoms with Crippen LogP contribution in [0.3, 0.4) is 0 Å². The fraction of sp³-hybridized carbons (Fsp3) is 0.318. The molecule has 0 saturated heterocycles. The Morgan fingerprint density at radius 3 is 2.36 bits per heavy atom. The minimum Gasteiger partial charge on any atom is -0.508 e. The molecule has 0 bridgehead atoms. The number of ether oxygens (including phenoxy) is 1. The Morgan fingerprint density at radius 1 is 0.960 bits per heavy atom. The van der Waals surface area contributed by atoms with E-state index in [9.17, 15) is 9.90 Å². The average Bonchev–Trinajstić information content (AvgIpc) is 2.60. The van der Waals surface area contributed by atoms with Crippen LogP contribution in [0.25, 0.3) is 21.5 Å². The van der Waals surface area contributed by atoms with Crippen molar-refractivity contribution in [3.8, 4) is 5.75 Å². The number of esters is 1. The molecule has 1 N–H and O–H groups in total. The van der Waals surface area contributed by atoms with E-state index in [0.29, 0.717) is 12.4 Å². The summed E-state index contributed by atoms with van der Waals surface area (Å²) in [4.78, 5) is 11.4. The first kappa shape index (κ1) is 17.3. The van der Waals surface area contributed by atoms with Gasteiger partial charge in [-0.3, -0.25) is 4.79 Å². The van der Waals surface area contributed by atoms with E-state index in [1.807, 2.05) is 26.0 Å². The summed E-state index contributed by atoms with van der Waals surface area (Å²) in [5, 5.41) is 14.2. The van der Waals surface area contributed by atoms with Crippen molar-refractivity contribution in [1.29, 1.82) is 0 Å². The van der Waals surface area contributed by atoms with Crippen molar-refractivity contribution in [2.75, 3.05) is 6.61 Å². The van der Waals surface area contributed by atoms with Gasteiger partial charge in [-0.15, -0.1) is 0 Å². The van der Waals surface area contributed by atoms with Gasteiger partial charge in [0.25, 0.3) is 0 Å². The molecule has 3 nitrogen and oxygen atoms in total. The smallest absolute Gasteiger partial charge is 0.308 e. The molecule has 0 aliphatic carbocycles. The summed E-state index contributed by atoms with van der Waals surface area (Å²) in [5.41, 5.74) is 1.29. The zero-order valence-electron chi connectivity index (χ0n) is 14.8. The van der Waals surface area contributed by atoms with Crippen LogP contribution in [-0.2, 0) is 16.0 Å². The molecule has 0 radical (unpaired) electrons. The Kier molecular flexibility index (Phi) is 5.22. The van der Waals surface area contributed by atoms with E-state index in [4.69, 9.17) is 4.74 Å². The minimum absolute atomic E-state index is 0.0581. The van der Waals surface area contributed by atoms with E-state index in [2.05, 4.69) is 24.3 Å². The van der Waals surface area contributed by atoms with E-state index >= 15 is 0 Å². The van der Waals surface area contributed by atoms with Gasteiger partial charge >= 0.3 is 5.97 Å². The number of phenols is 1. The molecule has 130 valence electrons. The lowest BCUT2D eigenvalue weighted by Gasteiger charge is -2.08. The Hall–Kier alpha value is -2.55. The lowest BCUT2D eigenvalue weighted by Crippen LogP contribution is -2.12. The number of carbonyl (C=O) groups is 1. The van der Waals surface area contributed by atoms with Gasteiger partial charge in [0.05, 0.1) is 12.5 Å². The number of rotatable bonds is 6. The van der Waals surface area contributed by atoms with Crippen molar-refractivity contribution in [1.82, 2.24) is 0 Å². The van der Waals surface area contributed by atoms with Crippen LogP contribution in [0.15, 0.2) is 48.5 Å². The molecule has 0 fully saturated rings. The zero-order valence-corrected chi connectivity index (χ0v) is 14.8. The Bertz CT molecular complexity index is 896. The quantitative estimate of drug-likeness (QED) is 0.381. The first-order chi connectivity index (χ1) is 12.0. The monoisotopic (exact) mass is 336 g/mol. The zero-order chi connectivity index (χ0) is 17.8. The topological polar surface area (TPSA) is 46.5 Å². The normalized spacial score (nSPS) is 11.3. The van der Waals surface area contributed by atoms with Crippen molar-refractivity contribution in [3.05, 3.63) is 54.1 Å². The number of phenolic OH excluding ortho intramolecular Hbond substituents is 1. The van der Waals surface area contributed by atoms with Gasteiger partial charge in [-0.05, 0) is 58.5 Å². The van der Waals surface area contributed by atoms with E-state index in [1.54, 1.807) is 12.1 Å². The van der Waals surface area contributed by atoms with Crippen molar-refractivity contribution < 1.29 is 14.6 Å². The maximum absolute atomic E-state index is 11.4. The molecule has 0 amide bonds. The van der Waals surface area contributed by atoms with Crippen LogP contribution < -0.4 is 0 Å². The van der Waals surface area contributed by atoms with Crippen LogP contribution in [0.1, 0.15) is 32.3 Å². The largest absolute Gasteiger partial charge is 0.508 e. The molecule has 3 rings (SSSR count). The van der Waals surface area contributed by atoms with Gasteiger partial charge < -0.3 is 9.84 Å². The van der Waals surface area contributed by atoms with Crippen LogP contribution in [-0.4, -0.2) is 17.7 Å². The van der Waals surface area contributed by atoms with E-state index in [0.717, 1.165) is 30.0 Å². The number of aryl methyl sites for hydroxylation is 1. The van der Waals surface area contributed by atoms with Crippen LogP contribution in [0.2, 0.25) is 0 Å². The Morgan fingerprint density at radius 2 is 1.64 bits per heavy atom. The van der Waals surface area contributed by atoms with Gasteiger partial charge in [0.15, 0.2) is 0 Å². The van der Waals surface area contributed by atoms with E-state index < -0.39 is 0 Å². The maximum Gasteiger partial charge on any atom is 0.308 e. The molecule has 3 aromatic carbocycles. The molecule has 0 saturated carbocycles. The summed E-state index contributed by atoms with van der Waals surface area (Å²) < 4.78 is 5.21. The minimum atomic E-state index is -0.122. The SMILES string of the molecule is CC(C)C(=O)OCCCCc1ccc2c(ccc3cc(O)ccc32)c1. The molecule has 0 aromatic heterocycles. The Balaban J connectivity index is 1.65. The molecule has 0 atom stereocenters. The summed E-state index contributed by atoms with van der Waals surface area (Å²) in [5.74, 6) is 0.113. The summed E-state index contributed by atoms with van der Waals surface area (Å²) >= 11 is 0. The highest BCUT2D eigenvalue weighted by Gasteiger charge is 2.07. The van der Waals surface area contributed by atoms with Gasteiger partial charge in [-0.2, -0.15) is 0 Å². The summed E-state index contributed by atoms with van der Waals surface area (Å²) in [6.07, 6.45) is 2.86. The highest BCUT2D eigenvalue weighted by Crippen LogP contribution is 2.28. The van der Waals surface area contributed by atoms with Crippen molar-refractivity contribution in [3.63, 3.8) is 0 Å². The van der Waals surface area contributed by atoms with Crippen LogP contribution >= 0.6 is 0 Å². The standard InChI is InChI=1S/C22H24O3/c1-15(2)22(24)25-12-4-3-5-16-6-10-20-17(13-16)7-8-18-14-19(23)9-11-21(18)20/h6-11,13-15,23H,3-5,12H2,1-2H3. The third kappa shape index (κ3) is 4.11. The van der Waals surface area contributed by atoms with Crippen molar-refractivity contribution in [2.24, 2.45) is 5.92 Å². The average molecular weight is 336 g/mol. The second-order valence-corrected chi connectivity index (χ2v) is 6.81. The lowest BCUT2D eigenvalue weighted by atomic mass is 9.98. The van der Waals surface area contributed by atoms with E-state index in [1.165, 1.54) is 16.3 Å². The van der Waals surface area contributed by atoms with Gasteiger partial charge in [-0.25, -0.2) is 0 Å². The third-order valence-corrected chi connectivity index (χ3v) is 4.46. The predicted molar refractivity (Wildman–Crippen MR) is 102 cm³/mol. The van der Waals surface area contributed by atoms with Crippen LogP contribution in [0.5, 0.6) is 5.75 Å². The summed E-state index contributed by atoms with van der Waals surface area (Å²) in [6, 6.07) is 16.2. The number of hydrogen-bond acceptors (Lipinski definition) is 3. The lowest BCUT2D eigenvalue weighted by molar-refractivity contribution is -0.147. The van der Waals surface area contributed by atoms with Crippen molar-refractivity contribution in [2.45, 2.75) is 33.1 Å². The molecule has 3 aromatic rings. The summed E-state index contributed by atoms with van der Waals surface area (Å²) in [7, 11) is 0. The second kappa shape index (κ2) is 7.56. The predicted octanol–water partition coefficient (Wildman–Crippen LogP) is 5.22. The fourth-order valence-electron chi connectivity index (χ4n) is 3.03. The number of carbonyl (C=O) groups excluding carboxylic acids is 1. The van der Waals surface area contributed by atoms with Gasteiger partial charge in [0.2, 0.25) is 0 Å². The molecule has 3 heteroatoms. The first-order valence-electron chi connectivity index (χ1n) is 8.85. The molecule has 0 unspecified atom stereocenters. The number of unbranched alkanes of at least 4 members (excludes halogenated alkanes) is 1.